The second-order valence-corrected chi connectivity index (χ2v) is 7.14. The second-order valence-electron chi connectivity index (χ2n) is 4.24. The molecule has 1 aromatic carbocycles. The Labute approximate surface area is 144 Å². The molecule has 2 rings (SSSR count). The number of thiophene rings is 1. The SMILES string of the molecule is COc1ccc(Cl)cc1CC(=O)NNC(=O)c1ccc(Br)s1. The quantitative estimate of drug-likeness (QED) is 0.771. The van der Waals surface area contributed by atoms with E-state index in [1.54, 1.807) is 30.3 Å². The number of carbonyl (C=O) groups excluding carboxylic acids is 2. The van der Waals surface area contributed by atoms with Gasteiger partial charge < -0.3 is 4.74 Å². The molecule has 0 aliphatic heterocycles. The molecular weight excluding hydrogens is 392 g/mol. The predicted molar refractivity (Wildman–Crippen MR) is 89.3 cm³/mol. The number of rotatable bonds is 4. The van der Waals surface area contributed by atoms with Crippen LogP contribution in [0.15, 0.2) is 34.1 Å². The van der Waals surface area contributed by atoms with Gasteiger partial charge >= 0.3 is 0 Å². The van der Waals surface area contributed by atoms with Gasteiger partial charge in [0, 0.05) is 10.6 Å². The van der Waals surface area contributed by atoms with Crippen LogP contribution in [0.25, 0.3) is 0 Å². The predicted octanol–water partition coefficient (Wildman–Crippen LogP) is 3.18. The third kappa shape index (κ3) is 4.46. The minimum absolute atomic E-state index is 0.0398. The number of methoxy groups -OCH3 is 1. The molecule has 0 bridgehead atoms. The maximum absolute atomic E-state index is 11.9. The first-order chi connectivity index (χ1) is 10.5. The van der Waals surface area contributed by atoms with Gasteiger partial charge in [0.2, 0.25) is 5.91 Å². The minimum Gasteiger partial charge on any atom is -0.496 e. The number of amides is 2. The fourth-order valence-corrected chi connectivity index (χ4v) is 3.20. The summed E-state index contributed by atoms with van der Waals surface area (Å²) in [5, 5.41) is 0.510. The molecule has 22 heavy (non-hydrogen) atoms. The van der Waals surface area contributed by atoms with Gasteiger partial charge in [-0.3, -0.25) is 20.4 Å². The molecule has 0 radical (unpaired) electrons. The number of nitrogens with one attached hydrogen (secondary N) is 2. The van der Waals surface area contributed by atoms with Crippen LogP contribution in [0.3, 0.4) is 0 Å². The zero-order valence-corrected chi connectivity index (χ0v) is 14.6. The van der Waals surface area contributed by atoms with Crippen LogP contribution in [0, 0.1) is 0 Å². The maximum atomic E-state index is 11.9. The van der Waals surface area contributed by atoms with Gasteiger partial charge in [0.15, 0.2) is 0 Å². The summed E-state index contributed by atoms with van der Waals surface area (Å²) in [5.41, 5.74) is 5.36. The lowest BCUT2D eigenvalue weighted by Crippen LogP contribution is -2.42. The van der Waals surface area contributed by atoms with Crippen LogP contribution < -0.4 is 15.6 Å². The second kappa shape index (κ2) is 7.62. The topological polar surface area (TPSA) is 67.4 Å². The van der Waals surface area contributed by atoms with Crippen molar-refractivity contribution < 1.29 is 14.3 Å². The number of hydrogen-bond donors (Lipinski definition) is 2. The highest BCUT2D eigenvalue weighted by Gasteiger charge is 2.12. The fraction of sp³-hybridized carbons (Fsp3) is 0.143. The van der Waals surface area contributed by atoms with Gasteiger partial charge in [0.25, 0.3) is 5.91 Å². The maximum Gasteiger partial charge on any atom is 0.279 e. The van der Waals surface area contributed by atoms with E-state index in [9.17, 15) is 9.59 Å². The summed E-state index contributed by atoms with van der Waals surface area (Å²) >= 11 is 10.5. The Morgan fingerprint density at radius 1 is 1.27 bits per heavy atom. The molecule has 0 unspecified atom stereocenters. The van der Waals surface area contributed by atoms with Crippen LogP contribution in [0.5, 0.6) is 5.75 Å². The molecule has 0 saturated carbocycles. The number of hydrazine groups is 1. The average Bonchev–Trinajstić information content (AvgIpc) is 2.92. The van der Waals surface area contributed by atoms with Gasteiger partial charge in [0.1, 0.15) is 5.75 Å². The average molecular weight is 404 g/mol. The highest BCUT2D eigenvalue weighted by molar-refractivity contribution is 9.11. The van der Waals surface area contributed by atoms with Crippen LogP contribution in [0.1, 0.15) is 15.2 Å². The van der Waals surface area contributed by atoms with E-state index in [1.807, 2.05) is 0 Å². The van der Waals surface area contributed by atoms with E-state index in [4.69, 9.17) is 16.3 Å². The van der Waals surface area contributed by atoms with Gasteiger partial charge in [-0.15, -0.1) is 11.3 Å². The Morgan fingerprint density at radius 3 is 2.68 bits per heavy atom. The first-order valence-electron chi connectivity index (χ1n) is 6.16. The molecule has 0 fully saturated rings. The first kappa shape index (κ1) is 16.8. The molecule has 2 aromatic rings. The summed E-state index contributed by atoms with van der Waals surface area (Å²) in [5.74, 6) is -0.181. The molecule has 1 heterocycles. The van der Waals surface area contributed by atoms with Crippen LogP contribution in [0.4, 0.5) is 0 Å². The van der Waals surface area contributed by atoms with Crippen molar-refractivity contribution in [3.05, 3.63) is 49.6 Å². The molecule has 0 aliphatic rings. The molecular formula is C14H12BrClN2O3S. The molecule has 0 saturated heterocycles. The Morgan fingerprint density at radius 2 is 2.05 bits per heavy atom. The number of ether oxygens (including phenoxy) is 1. The van der Waals surface area contributed by atoms with Gasteiger partial charge in [0.05, 0.1) is 22.2 Å². The Balaban J connectivity index is 1.93. The third-order valence-electron chi connectivity index (χ3n) is 2.71. The van der Waals surface area contributed by atoms with E-state index >= 15 is 0 Å². The van der Waals surface area contributed by atoms with Crippen molar-refractivity contribution >= 4 is 50.7 Å². The summed E-state index contributed by atoms with van der Waals surface area (Å²) in [6, 6.07) is 8.44. The van der Waals surface area contributed by atoms with Crippen molar-refractivity contribution in [1.29, 1.82) is 0 Å². The lowest BCUT2D eigenvalue weighted by molar-refractivity contribution is -0.121. The molecule has 0 atom stereocenters. The largest absolute Gasteiger partial charge is 0.496 e. The van der Waals surface area contributed by atoms with Crippen LogP contribution >= 0.6 is 38.9 Å². The lowest BCUT2D eigenvalue weighted by Gasteiger charge is -2.10. The highest BCUT2D eigenvalue weighted by atomic mass is 79.9. The Bertz CT molecular complexity index is 705. The van der Waals surface area contributed by atoms with Crippen molar-refractivity contribution in [3.63, 3.8) is 0 Å². The number of halogens is 2. The normalized spacial score (nSPS) is 10.1. The molecule has 0 spiro atoms. The summed E-state index contributed by atoms with van der Waals surface area (Å²) < 4.78 is 6.01. The zero-order chi connectivity index (χ0) is 16.1. The number of benzene rings is 1. The van der Waals surface area contributed by atoms with E-state index in [1.165, 1.54) is 18.4 Å². The molecule has 116 valence electrons. The van der Waals surface area contributed by atoms with Crippen molar-refractivity contribution in [1.82, 2.24) is 10.9 Å². The first-order valence-corrected chi connectivity index (χ1v) is 8.15. The van der Waals surface area contributed by atoms with E-state index < -0.39 is 0 Å². The van der Waals surface area contributed by atoms with Crippen molar-refractivity contribution in [2.45, 2.75) is 6.42 Å². The number of carbonyl (C=O) groups is 2. The van der Waals surface area contributed by atoms with Crippen molar-refractivity contribution in [2.75, 3.05) is 7.11 Å². The number of hydrogen-bond acceptors (Lipinski definition) is 4. The Hall–Kier alpha value is -1.57. The lowest BCUT2D eigenvalue weighted by atomic mass is 10.1. The minimum atomic E-state index is -0.373. The standard InChI is InChI=1S/C14H12BrClN2O3S/c1-21-10-3-2-9(16)6-8(10)7-13(19)17-18-14(20)11-4-5-12(15)22-11/h2-6H,7H2,1H3,(H,17,19)(H,18,20). The van der Waals surface area contributed by atoms with Crippen molar-refractivity contribution in [3.8, 4) is 5.75 Å². The van der Waals surface area contributed by atoms with Gasteiger partial charge in [-0.25, -0.2) is 0 Å². The van der Waals surface area contributed by atoms with Crippen LogP contribution in [-0.4, -0.2) is 18.9 Å². The van der Waals surface area contributed by atoms with Gasteiger partial charge in [-0.1, -0.05) is 11.6 Å². The summed E-state index contributed by atoms with van der Waals surface area (Å²) in [4.78, 5) is 24.2. The Kier molecular flexibility index (Phi) is 5.82. The van der Waals surface area contributed by atoms with E-state index in [0.29, 0.717) is 21.2 Å². The summed E-state index contributed by atoms with van der Waals surface area (Å²) in [6.07, 6.45) is 0.0398. The summed E-state index contributed by atoms with van der Waals surface area (Å²) in [7, 11) is 1.51. The fourth-order valence-electron chi connectivity index (χ4n) is 1.73. The van der Waals surface area contributed by atoms with Crippen molar-refractivity contribution in [2.24, 2.45) is 0 Å². The zero-order valence-electron chi connectivity index (χ0n) is 11.5. The molecule has 8 heteroatoms. The monoisotopic (exact) mass is 402 g/mol. The van der Waals surface area contributed by atoms with Crippen LogP contribution in [0.2, 0.25) is 5.02 Å². The van der Waals surface area contributed by atoms with Crippen LogP contribution in [-0.2, 0) is 11.2 Å². The molecule has 1 aromatic heterocycles. The molecule has 2 amide bonds. The smallest absolute Gasteiger partial charge is 0.279 e. The molecule has 0 aliphatic carbocycles. The highest BCUT2D eigenvalue weighted by Crippen LogP contribution is 2.23. The van der Waals surface area contributed by atoms with Gasteiger partial charge in [-0.2, -0.15) is 0 Å². The van der Waals surface area contributed by atoms with E-state index in [-0.39, 0.29) is 18.2 Å². The van der Waals surface area contributed by atoms with E-state index in [0.717, 1.165) is 3.79 Å². The summed E-state index contributed by atoms with van der Waals surface area (Å²) in [6.45, 7) is 0. The molecule has 2 N–H and O–H groups in total. The van der Waals surface area contributed by atoms with Gasteiger partial charge in [-0.05, 0) is 46.3 Å². The molecule has 5 nitrogen and oxygen atoms in total. The van der Waals surface area contributed by atoms with E-state index in [2.05, 4.69) is 26.8 Å². The third-order valence-corrected chi connectivity index (χ3v) is 4.56.